The Hall–Kier alpha value is -1.85. The van der Waals surface area contributed by atoms with Gasteiger partial charge in [0.25, 0.3) is 5.91 Å². The van der Waals surface area contributed by atoms with Crippen LogP contribution >= 0.6 is 15.9 Å². The lowest BCUT2D eigenvalue weighted by Crippen LogP contribution is -2.19. The average Bonchev–Trinajstić information content (AvgIpc) is 2.39. The predicted molar refractivity (Wildman–Crippen MR) is 73.1 cm³/mol. The van der Waals surface area contributed by atoms with Gasteiger partial charge in [0, 0.05) is 10.2 Å². The van der Waals surface area contributed by atoms with E-state index in [0.29, 0.717) is 11.3 Å². The second-order valence-electron chi connectivity index (χ2n) is 3.62. The Labute approximate surface area is 113 Å². The molecule has 0 aliphatic heterocycles. The van der Waals surface area contributed by atoms with Crippen LogP contribution in [0.3, 0.4) is 0 Å². The molecule has 0 heterocycles. The highest BCUT2D eigenvalue weighted by Gasteiger charge is 2.11. The smallest absolute Gasteiger partial charge is 0.276 e. The lowest BCUT2D eigenvalue weighted by molar-refractivity contribution is 0.0707. The molecule has 92 valence electrons. The molecule has 2 aromatic rings. The van der Waals surface area contributed by atoms with Crippen molar-refractivity contribution in [1.82, 2.24) is 5.48 Å². The number of hydroxylamine groups is 1. The lowest BCUT2D eigenvalue weighted by atomic mass is 10.1. The summed E-state index contributed by atoms with van der Waals surface area (Å²) >= 11 is 3.35. The zero-order valence-corrected chi connectivity index (χ0v) is 10.9. The first-order chi connectivity index (χ1) is 8.70. The number of halogens is 1. The fraction of sp³-hybridized carbons (Fsp3) is 0. The maximum Gasteiger partial charge on any atom is 0.276 e. The maximum atomic E-state index is 11.5. The van der Waals surface area contributed by atoms with Gasteiger partial charge >= 0.3 is 0 Å². The summed E-state index contributed by atoms with van der Waals surface area (Å²) in [5.74, 6) is -0.555. The fourth-order valence-corrected chi connectivity index (χ4v) is 1.92. The molecule has 0 fully saturated rings. The van der Waals surface area contributed by atoms with Crippen molar-refractivity contribution in [1.29, 1.82) is 0 Å². The number of hydrogen-bond donors (Lipinski definition) is 3. The molecule has 0 saturated heterocycles. The summed E-state index contributed by atoms with van der Waals surface area (Å²) < 4.78 is 0.843. The summed E-state index contributed by atoms with van der Waals surface area (Å²) in [5.41, 5.74) is 3.47. The third-order valence-corrected chi connectivity index (χ3v) is 2.87. The van der Waals surface area contributed by atoms with E-state index in [1.807, 2.05) is 30.3 Å². The molecule has 0 spiro atoms. The summed E-state index contributed by atoms with van der Waals surface area (Å²) in [4.78, 5) is 11.5. The largest absolute Gasteiger partial charge is 0.355 e. The van der Waals surface area contributed by atoms with Crippen molar-refractivity contribution in [3.63, 3.8) is 0 Å². The normalized spacial score (nSPS) is 9.89. The van der Waals surface area contributed by atoms with Crippen molar-refractivity contribution in [3.8, 4) is 0 Å². The van der Waals surface area contributed by atoms with E-state index in [2.05, 4.69) is 21.2 Å². The number of carbonyl (C=O) groups is 1. The second kappa shape index (κ2) is 5.66. The van der Waals surface area contributed by atoms with Crippen molar-refractivity contribution in [2.24, 2.45) is 0 Å². The monoisotopic (exact) mass is 306 g/mol. The Kier molecular flexibility index (Phi) is 3.96. The minimum Gasteiger partial charge on any atom is -0.355 e. The summed E-state index contributed by atoms with van der Waals surface area (Å²) in [7, 11) is 0. The molecule has 4 nitrogen and oxygen atoms in total. The third-order valence-electron chi connectivity index (χ3n) is 2.38. The SMILES string of the molecule is O=C(NO)c1ccc(Br)cc1Nc1ccccc1. The number of rotatable bonds is 3. The number of para-hydroxylation sites is 1. The zero-order chi connectivity index (χ0) is 13.0. The summed E-state index contributed by atoms with van der Waals surface area (Å²) in [6.45, 7) is 0. The van der Waals surface area contributed by atoms with E-state index >= 15 is 0 Å². The highest BCUT2D eigenvalue weighted by Crippen LogP contribution is 2.24. The van der Waals surface area contributed by atoms with Gasteiger partial charge in [-0.15, -0.1) is 0 Å². The van der Waals surface area contributed by atoms with Crippen LogP contribution in [0, 0.1) is 0 Å². The van der Waals surface area contributed by atoms with Crippen LogP contribution in [-0.4, -0.2) is 11.1 Å². The minimum atomic E-state index is -0.555. The van der Waals surface area contributed by atoms with E-state index in [9.17, 15) is 4.79 Å². The predicted octanol–water partition coefficient (Wildman–Crippen LogP) is 3.31. The molecular weight excluding hydrogens is 296 g/mol. The Morgan fingerprint density at radius 3 is 2.50 bits per heavy atom. The standard InChI is InChI=1S/C13H11BrN2O2/c14-9-6-7-11(13(17)16-18)12(8-9)15-10-4-2-1-3-5-10/h1-8,15,18H,(H,16,17). The molecule has 3 N–H and O–H groups in total. The molecule has 18 heavy (non-hydrogen) atoms. The van der Waals surface area contributed by atoms with E-state index < -0.39 is 5.91 Å². The number of carbonyl (C=O) groups excluding carboxylic acids is 1. The van der Waals surface area contributed by atoms with Crippen LogP contribution in [0.2, 0.25) is 0 Å². The van der Waals surface area contributed by atoms with Crippen molar-refractivity contribution in [3.05, 3.63) is 58.6 Å². The van der Waals surface area contributed by atoms with Gasteiger partial charge in [0.2, 0.25) is 0 Å². The van der Waals surface area contributed by atoms with Crippen LogP contribution in [0.25, 0.3) is 0 Å². The summed E-state index contributed by atoms with van der Waals surface area (Å²) in [6, 6.07) is 14.6. The lowest BCUT2D eigenvalue weighted by Gasteiger charge is -2.11. The first-order valence-corrected chi connectivity index (χ1v) is 6.06. The third kappa shape index (κ3) is 2.88. The van der Waals surface area contributed by atoms with Gasteiger partial charge in [-0.3, -0.25) is 10.0 Å². The molecule has 0 aliphatic carbocycles. The van der Waals surface area contributed by atoms with E-state index in [-0.39, 0.29) is 0 Å². The molecule has 0 aromatic heterocycles. The van der Waals surface area contributed by atoms with Gasteiger partial charge < -0.3 is 5.32 Å². The Morgan fingerprint density at radius 2 is 1.83 bits per heavy atom. The quantitative estimate of drug-likeness (QED) is 0.602. The molecule has 1 amide bonds. The van der Waals surface area contributed by atoms with Gasteiger partial charge in [-0.1, -0.05) is 34.1 Å². The van der Waals surface area contributed by atoms with Crippen molar-refractivity contribution < 1.29 is 10.0 Å². The molecule has 0 atom stereocenters. The van der Waals surface area contributed by atoms with Gasteiger partial charge in [0.15, 0.2) is 0 Å². The van der Waals surface area contributed by atoms with Crippen LogP contribution < -0.4 is 10.8 Å². The molecule has 0 saturated carbocycles. The molecule has 0 radical (unpaired) electrons. The Morgan fingerprint density at radius 1 is 1.11 bits per heavy atom. The highest BCUT2D eigenvalue weighted by atomic mass is 79.9. The number of hydrogen-bond acceptors (Lipinski definition) is 3. The Balaban J connectivity index is 2.36. The topological polar surface area (TPSA) is 61.4 Å². The fourth-order valence-electron chi connectivity index (χ4n) is 1.56. The molecule has 2 aromatic carbocycles. The second-order valence-corrected chi connectivity index (χ2v) is 4.54. The molecule has 0 unspecified atom stereocenters. The van der Waals surface area contributed by atoms with Gasteiger partial charge in [-0.25, -0.2) is 5.48 Å². The van der Waals surface area contributed by atoms with Gasteiger partial charge in [0.05, 0.1) is 11.3 Å². The van der Waals surface area contributed by atoms with Crippen molar-refractivity contribution in [2.75, 3.05) is 5.32 Å². The first kappa shape index (κ1) is 12.6. The summed E-state index contributed by atoms with van der Waals surface area (Å²) in [6.07, 6.45) is 0. The van der Waals surface area contributed by atoms with E-state index in [1.165, 1.54) is 0 Å². The van der Waals surface area contributed by atoms with Crippen LogP contribution in [0.4, 0.5) is 11.4 Å². The van der Waals surface area contributed by atoms with Gasteiger partial charge in [-0.2, -0.15) is 0 Å². The Bertz CT molecular complexity index is 558. The van der Waals surface area contributed by atoms with Crippen LogP contribution in [-0.2, 0) is 0 Å². The zero-order valence-electron chi connectivity index (χ0n) is 9.35. The molecule has 2 rings (SSSR count). The number of nitrogens with one attached hydrogen (secondary N) is 2. The number of amides is 1. The van der Waals surface area contributed by atoms with Crippen LogP contribution in [0.15, 0.2) is 53.0 Å². The molecular formula is C13H11BrN2O2. The van der Waals surface area contributed by atoms with E-state index in [0.717, 1.165) is 10.2 Å². The van der Waals surface area contributed by atoms with Gasteiger partial charge in [-0.05, 0) is 30.3 Å². The maximum absolute atomic E-state index is 11.5. The van der Waals surface area contributed by atoms with Crippen LogP contribution in [0.1, 0.15) is 10.4 Å². The average molecular weight is 307 g/mol. The van der Waals surface area contributed by atoms with Crippen molar-refractivity contribution >= 4 is 33.2 Å². The van der Waals surface area contributed by atoms with E-state index in [1.54, 1.807) is 23.7 Å². The minimum absolute atomic E-state index is 0.365. The number of benzene rings is 2. The first-order valence-electron chi connectivity index (χ1n) is 5.27. The van der Waals surface area contributed by atoms with Crippen molar-refractivity contribution in [2.45, 2.75) is 0 Å². The van der Waals surface area contributed by atoms with Crippen LogP contribution in [0.5, 0.6) is 0 Å². The highest BCUT2D eigenvalue weighted by molar-refractivity contribution is 9.10. The molecule has 0 bridgehead atoms. The number of anilines is 2. The van der Waals surface area contributed by atoms with E-state index in [4.69, 9.17) is 5.21 Å². The molecule has 0 aliphatic rings. The molecule has 5 heteroatoms. The van der Waals surface area contributed by atoms with Gasteiger partial charge in [0.1, 0.15) is 0 Å². The summed E-state index contributed by atoms with van der Waals surface area (Å²) in [5, 5.41) is 11.8.